The summed E-state index contributed by atoms with van der Waals surface area (Å²) in [5, 5.41) is 7.52. The van der Waals surface area contributed by atoms with Gasteiger partial charge in [-0.3, -0.25) is 4.79 Å². The number of carbonyl (C=O) groups is 1. The van der Waals surface area contributed by atoms with Gasteiger partial charge in [0.05, 0.1) is 12.1 Å². The van der Waals surface area contributed by atoms with Crippen LogP contribution in [0.4, 0.5) is 18.9 Å². The van der Waals surface area contributed by atoms with E-state index in [2.05, 4.69) is 15.8 Å². The third-order valence-electron chi connectivity index (χ3n) is 3.77. The number of rotatable bonds is 5. The second-order valence-electron chi connectivity index (χ2n) is 5.81. The molecule has 0 aliphatic rings. The van der Waals surface area contributed by atoms with Crippen molar-refractivity contribution in [1.82, 2.24) is 5.43 Å². The van der Waals surface area contributed by atoms with Crippen LogP contribution in [0, 0.1) is 0 Å². The minimum atomic E-state index is -4.44. The smallest absolute Gasteiger partial charge is 0.416 e. The third-order valence-corrected chi connectivity index (χ3v) is 3.77. The molecule has 0 aliphatic carbocycles. The molecule has 1 aromatic heterocycles. The minimum Gasteiger partial charge on any atom is -0.455 e. The number of fused-ring (bicyclic) bond motifs is 1. The van der Waals surface area contributed by atoms with E-state index in [-0.39, 0.29) is 12.2 Å². The molecular weight excluding hydrogens is 359 g/mol. The van der Waals surface area contributed by atoms with Crippen molar-refractivity contribution in [2.24, 2.45) is 5.10 Å². The highest BCUT2D eigenvalue weighted by Gasteiger charge is 2.30. The van der Waals surface area contributed by atoms with E-state index in [1.165, 1.54) is 12.1 Å². The number of amides is 1. The average Bonchev–Trinajstić information content (AvgIpc) is 3.08. The van der Waals surface area contributed by atoms with Crippen LogP contribution in [-0.2, 0) is 11.0 Å². The Bertz CT molecular complexity index is 960. The highest BCUT2D eigenvalue weighted by atomic mass is 19.4. The van der Waals surface area contributed by atoms with E-state index >= 15 is 0 Å². The maximum atomic E-state index is 12.7. The number of hydrogen-bond donors (Lipinski definition) is 2. The van der Waals surface area contributed by atoms with Crippen LogP contribution >= 0.6 is 0 Å². The van der Waals surface area contributed by atoms with E-state index in [9.17, 15) is 18.0 Å². The fourth-order valence-corrected chi connectivity index (χ4v) is 2.39. The van der Waals surface area contributed by atoms with Crippen LogP contribution in [0.5, 0.6) is 0 Å². The van der Waals surface area contributed by atoms with Crippen molar-refractivity contribution in [3.8, 4) is 0 Å². The molecule has 0 fully saturated rings. The Hall–Kier alpha value is -3.29. The normalized spacial score (nSPS) is 12.2. The summed E-state index contributed by atoms with van der Waals surface area (Å²) in [7, 11) is 0. The Balaban J connectivity index is 1.58. The van der Waals surface area contributed by atoms with Crippen molar-refractivity contribution < 1.29 is 22.4 Å². The molecule has 27 heavy (non-hydrogen) atoms. The van der Waals surface area contributed by atoms with Gasteiger partial charge in [0.1, 0.15) is 11.3 Å². The molecule has 5 nitrogen and oxygen atoms in total. The van der Waals surface area contributed by atoms with E-state index in [0.717, 1.165) is 17.5 Å². The fourth-order valence-electron chi connectivity index (χ4n) is 2.39. The molecule has 3 aromatic rings. The summed E-state index contributed by atoms with van der Waals surface area (Å²) in [4.78, 5) is 11.9. The summed E-state index contributed by atoms with van der Waals surface area (Å²) in [5.41, 5.74) is 2.93. The predicted molar refractivity (Wildman–Crippen MR) is 96.5 cm³/mol. The minimum absolute atomic E-state index is 0.193. The van der Waals surface area contributed by atoms with Crippen LogP contribution in [0.3, 0.4) is 0 Å². The molecule has 0 atom stereocenters. The summed E-state index contributed by atoms with van der Waals surface area (Å²) in [6, 6.07) is 13.9. The third kappa shape index (κ3) is 4.66. The van der Waals surface area contributed by atoms with Gasteiger partial charge >= 0.3 is 6.18 Å². The average molecular weight is 375 g/mol. The number of benzene rings is 2. The van der Waals surface area contributed by atoms with Crippen LogP contribution in [-0.4, -0.2) is 18.2 Å². The maximum absolute atomic E-state index is 12.7. The monoisotopic (exact) mass is 375 g/mol. The van der Waals surface area contributed by atoms with Gasteiger partial charge in [-0.2, -0.15) is 18.3 Å². The second-order valence-corrected chi connectivity index (χ2v) is 5.81. The summed E-state index contributed by atoms with van der Waals surface area (Å²) in [5.74, 6) is 0.0187. The molecule has 2 aromatic carbocycles. The van der Waals surface area contributed by atoms with E-state index in [1.807, 2.05) is 24.3 Å². The van der Waals surface area contributed by atoms with E-state index < -0.39 is 17.6 Å². The topological polar surface area (TPSA) is 66.6 Å². The summed E-state index contributed by atoms with van der Waals surface area (Å²) in [6.07, 6.45) is -4.44. The number of furan rings is 1. The zero-order valence-corrected chi connectivity index (χ0v) is 14.3. The summed E-state index contributed by atoms with van der Waals surface area (Å²) < 4.78 is 43.7. The Morgan fingerprint density at radius 1 is 1.11 bits per heavy atom. The Kier molecular flexibility index (Phi) is 5.16. The number of para-hydroxylation sites is 1. The number of alkyl halides is 3. The molecule has 140 valence electrons. The van der Waals surface area contributed by atoms with Gasteiger partial charge in [0.25, 0.3) is 5.91 Å². The van der Waals surface area contributed by atoms with Crippen molar-refractivity contribution in [3.05, 3.63) is 65.9 Å². The highest BCUT2D eigenvalue weighted by Crippen LogP contribution is 2.30. The molecule has 0 saturated carbocycles. The maximum Gasteiger partial charge on any atom is 0.416 e. The van der Waals surface area contributed by atoms with Gasteiger partial charge in [-0.1, -0.05) is 24.3 Å². The summed E-state index contributed by atoms with van der Waals surface area (Å²) >= 11 is 0. The van der Waals surface area contributed by atoms with E-state index in [4.69, 9.17) is 4.42 Å². The first kappa shape index (κ1) is 18.5. The van der Waals surface area contributed by atoms with Gasteiger partial charge in [0.15, 0.2) is 5.76 Å². The molecular formula is C19H16F3N3O2. The number of halogens is 3. The van der Waals surface area contributed by atoms with Crippen LogP contribution in [0.2, 0.25) is 0 Å². The standard InChI is InChI=1S/C19H16F3N3O2/c1-12(17-9-13-5-2-3-8-16(13)27-17)24-25-18(26)11-23-15-7-4-6-14(10-15)19(20,21)22/h2-10,23H,11H2,1H3,(H,25,26)/b24-12-. The lowest BCUT2D eigenvalue weighted by Crippen LogP contribution is -2.26. The zero-order valence-electron chi connectivity index (χ0n) is 14.3. The SMILES string of the molecule is C/C(=N/NC(=O)CNc1cccc(C(F)(F)F)c1)c1cc2ccccc2o1. The number of hydrogen-bond acceptors (Lipinski definition) is 4. The van der Waals surface area contributed by atoms with Crippen LogP contribution in [0.15, 0.2) is 64.1 Å². The van der Waals surface area contributed by atoms with Gasteiger partial charge in [0, 0.05) is 11.1 Å². The van der Waals surface area contributed by atoms with Crippen LogP contribution in [0.25, 0.3) is 11.0 Å². The van der Waals surface area contributed by atoms with Crippen molar-refractivity contribution in [2.45, 2.75) is 13.1 Å². The Morgan fingerprint density at radius 3 is 2.63 bits per heavy atom. The number of anilines is 1. The number of nitrogens with one attached hydrogen (secondary N) is 2. The van der Waals surface area contributed by atoms with Crippen molar-refractivity contribution >= 4 is 28.3 Å². The molecule has 0 saturated heterocycles. The molecule has 0 radical (unpaired) electrons. The first-order valence-electron chi connectivity index (χ1n) is 8.06. The first-order valence-corrected chi connectivity index (χ1v) is 8.06. The number of hydrazone groups is 1. The Morgan fingerprint density at radius 2 is 1.89 bits per heavy atom. The highest BCUT2D eigenvalue weighted by molar-refractivity contribution is 6.00. The molecule has 1 amide bonds. The number of nitrogens with zero attached hydrogens (tertiary/aromatic N) is 1. The van der Waals surface area contributed by atoms with Crippen LogP contribution in [0.1, 0.15) is 18.2 Å². The van der Waals surface area contributed by atoms with Crippen molar-refractivity contribution in [1.29, 1.82) is 0 Å². The van der Waals surface area contributed by atoms with Gasteiger partial charge in [-0.25, -0.2) is 5.43 Å². The molecule has 8 heteroatoms. The molecule has 0 unspecified atom stereocenters. The molecule has 3 rings (SSSR count). The Labute approximate surface area is 152 Å². The lowest BCUT2D eigenvalue weighted by molar-refractivity contribution is -0.137. The quantitative estimate of drug-likeness (QED) is 0.513. The van der Waals surface area contributed by atoms with Gasteiger partial charge in [-0.05, 0) is 37.3 Å². The lowest BCUT2D eigenvalue weighted by atomic mass is 10.2. The number of carbonyl (C=O) groups excluding carboxylic acids is 1. The molecule has 0 bridgehead atoms. The fraction of sp³-hybridized carbons (Fsp3) is 0.158. The summed E-state index contributed by atoms with van der Waals surface area (Å²) in [6.45, 7) is 1.45. The molecule has 2 N–H and O–H groups in total. The zero-order chi connectivity index (χ0) is 19.4. The van der Waals surface area contributed by atoms with Gasteiger partial charge < -0.3 is 9.73 Å². The van der Waals surface area contributed by atoms with E-state index in [1.54, 1.807) is 13.0 Å². The molecule has 1 heterocycles. The van der Waals surface area contributed by atoms with Gasteiger partial charge in [-0.15, -0.1) is 0 Å². The molecule has 0 spiro atoms. The van der Waals surface area contributed by atoms with Gasteiger partial charge in [0.2, 0.25) is 0 Å². The van der Waals surface area contributed by atoms with Crippen molar-refractivity contribution in [2.75, 3.05) is 11.9 Å². The van der Waals surface area contributed by atoms with Crippen LogP contribution < -0.4 is 10.7 Å². The molecule has 0 aliphatic heterocycles. The first-order chi connectivity index (χ1) is 12.8. The van der Waals surface area contributed by atoms with E-state index in [0.29, 0.717) is 17.1 Å². The predicted octanol–water partition coefficient (Wildman–Crippen LogP) is 4.40. The largest absolute Gasteiger partial charge is 0.455 e. The second kappa shape index (κ2) is 7.53. The van der Waals surface area contributed by atoms with Crippen molar-refractivity contribution in [3.63, 3.8) is 0 Å². The lowest BCUT2D eigenvalue weighted by Gasteiger charge is -2.10.